The van der Waals surface area contributed by atoms with Gasteiger partial charge in [0, 0.05) is 19.8 Å². The van der Waals surface area contributed by atoms with Crippen molar-refractivity contribution in [2.45, 2.75) is 24.3 Å². The Balaban J connectivity index is 2.98. The van der Waals surface area contributed by atoms with E-state index in [1.165, 1.54) is 19.2 Å². The van der Waals surface area contributed by atoms with Crippen LogP contribution in [0, 0.1) is 0 Å². The number of sulfonamides is 1. The summed E-state index contributed by atoms with van der Waals surface area (Å²) in [6, 6.07) is 3.22. The average molecular weight is 322 g/mol. The number of halogens is 1. The summed E-state index contributed by atoms with van der Waals surface area (Å²) < 4.78 is 31.5. The molecule has 1 unspecified atom stereocenters. The van der Waals surface area contributed by atoms with Crippen molar-refractivity contribution in [3.63, 3.8) is 0 Å². The zero-order valence-electron chi connectivity index (χ0n) is 11.1. The van der Waals surface area contributed by atoms with E-state index in [4.69, 9.17) is 21.4 Å². The van der Waals surface area contributed by atoms with Gasteiger partial charge in [-0.15, -0.1) is 0 Å². The number of benzene rings is 1. The van der Waals surface area contributed by atoms with Crippen LogP contribution in [-0.2, 0) is 14.8 Å². The molecule has 20 heavy (non-hydrogen) atoms. The van der Waals surface area contributed by atoms with Gasteiger partial charge in [0.15, 0.2) is 0 Å². The summed E-state index contributed by atoms with van der Waals surface area (Å²) >= 11 is 5.70. The molecule has 8 heteroatoms. The predicted octanol–water partition coefficient (Wildman–Crippen LogP) is 1.74. The summed E-state index contributed by atoms with van der Waals surface area (Å²) in [6.45, 7) is 2.12. The number of carboxylic acids is 1. The first-order valence-electron chi connectivity index (χ1n) is 5.82. The van der Waals surface area contributed by atoms with Crippen LogP contribution in [0.1, 0.15) is 23.7 Å². The lowest BCUT2D eigenvalue weighted by Gasteiger charge is -2.14. The summed E-state index contributed by atoms with van der Waals surface area (Å²) in [5.74, 6) is -1.28. The van der Waals surface area contributed by atoms with Crippen LogP contribution in [0.15, 0.2) is 23.1 Å². The van der Waals surface area contributed by atoms with Gasteiger partial charge in [-0.25, -0.2) is 17.9 Å². The molecule has 0 aliphatic carbocycles. The van der Waals surface area contributed by atoms with E-state index in [0.29, 0.717) is 13.0 Å². The van der Waals surface area contributed by atoms with E-state index in [2.05, 4.69) is 4.72 Å². The van der Waals surface area contributed by atoms with Gasteiger partial charge < -0.3 is 9.84 Å². The smallest absolute Gasteiger partial charge is 0.337 e. The Kier molecular flexibility index (Phi) is 5.94. The second kappa shape index (κ2) is 7.03. The second-order valence-corrected chi connectivity index (χ2v) is 6.37. The van der Waals surface area contributed by atoms with Crippen LogP contribution < -0.4 is 4.72 Å². The molecule has 1 aromatic rings. The standard InChI is InChI=1S/C12H16ClNO5S/c1-8(5-6-19-2)14-20(17,18)9-3-4-11(13)10(7-9)12(15)16/h3-4,7-8,14H,5-6H2,1-2H3,(H,15,16). The molecule has 1 atom stereocenters. The van der Waals surface area contributed by atoms with Gasteiger partial charge in [-0.05, 0) is 31.5 Å². The van der Waals surface area contributed by atoms with Gasteiger partial charge in [0.1, 0.15) is 0 Å². The minimum Gasteiger partial charge on any atom is -0.478 e. The van der Waals surface area contributed by atoms with Gasteiger partial charge in [0.25, 0.3) is 0 Å². The fraction of sp³-hybridized carbons (Fsp3) is 0.417. The molecule has 0 radical (unpaired) electrons. The quantitative estimate of drug-likeness (QED) is 0.798. The Morgan fingerprint density at radius 2 is 2.15 bits per heavy atom. The van der Waals surface area contributed by atoms with Crippen LogP contribution >= 0.6 is 11.6 Å². The monoisotopic (exact) mass is 321 g/mol. The Hall–Kier alpha value is -1.15. The number of carboxylic acid groups (broad SMARTS) is 1. The predicted molar refractivity (Wildman–Crippen MR) is 74.7 cm³/mol. The third kappa shape index (κ3) is 4.45. The minimum absolute atomic E-state index is 0.0103. The van der Waals surface area contributed by atoms with Crippen molar-refractivity contribution >= 4 is 27.6 Å². The van der Waals surface area contributed by atoms with E-state index in [9.17, 15) is 13.2 Å². The minimum atomic E-state index is -3.79. The Bertz CT molecular complexity index is 588. The fourth-order valence-corrected chi connectivity index (χ4v) is 3.02. The van der Waals surface area contributed by atoms with Gasteiger partial charge >= 0.3 is 5.97 Å². The maximum absolute atomic E-state index is 12.1. The Labute approximate surface area is 122 Å². The van der Waals surface area contributed by atoms with Gasteiger partial charge in [-0.3, -0.25) is 0 Å². The van der Waals surface area contributed by atoms with E-state index in [-0.39, 0.29) is 21.5 Å². The fourth-order valence-electron chi connectivity index (χ4n) is 1.52. The lowest BCUT2D eigenvalue weighted by molar-refractivity contribution is 0.0697. The highest BCUT2D eigenvalue weighted by molar-refractivity contribution is 7.89. The molecule has 6 nitrogen and oxygen atoms in total. The number of rotatable bonds is 7. The van der Waals surface area contributed by atoms with Crippen LogP contribution in [0.5, 0.6) is 0 Å². The van der Waals surface area contributed by atoms with Crippen LogP contribution in [0.3, 0.4) is 0 Å². The van der Waals surface area contributed by atoms with Gasteiger partial charge in [-0.2, -0.15) is 0 Å². The molecule has 0 saturated heterocycles. The molecule has 2 N–H and O–H groups in total. The third-order valence-electron chi connectivity index (χ3n) is 2.59. The topological polar surface area (TPSA) is 92.7 Å². The van der Waals surface area contributed by atoms with Gasteiger partial charge in [0.05, 0.1) is 15.5 Å². The molecule has 0 fully saturated rings. The molecule has 1 rings (SSSR count). The molecule has 112 valence electrons. The average Bonchev–Trinajstić information content (AvgIpc) is 2.35. The van der Waals surface area contributed by atoms with E-state index >= 15 is 0 Å². The lowest BCUT2D eigenvalue weighted by atomic mass is 10.2. The molecule has 0 aromatic heterocycles. The van der Waals surface area contributed by atoms with Crippen molar-refractivity contribution in [3.8, 4) is 0 Å². The van der Waals surface area contributed by atoms with Crippen LogP contribution in [0.2, 0.25) is 5.02 Å². The third-order valence-corrected chi connectivity index (χ3v) is 4.51. The zero-order chi connectivity index (χ0) is 15.3. The maximum Gasteiger partial charge on any atom is 0.337 e. The van der Waals surface area contributed by atoms with E-state index in [1.807, 2.05) is 0 Å². The summed E-state index contributed by atoms with van der Waals surface area (Å²) in [5, 5.41) is 8.93. The van der Waals surface area contributed by atoms with Crippen LogP contribution in [-0.4, -0.2) is 39.3 Å². The highest BCUT2D eigenvalue weighted by Gasteiger charge is 2.20. The second-order valence-electron chi connectivity index (χ2n) is 4.25. The highest BCUT2D eigenvalue weighted by Crippen LogP contribution is 2.20. The number of methoxy groups -OCH3 is 1. The van der Waals surface area contributed by atoms with Crippen molar-refractivity contribution in [2.75, 3.05) is 13.7 Å². The molecule has 0 spiro atoms. The Morgan fingerprint density at radius 3 is 2.70 bits per heavy atom. The molecule has 0 saturated carbocycles. The SMILES string of the molecule is COCCC(C)NS(=O)(=O)c1ccc(Cl)c(C(=O)O)c1. The first-order chi connectivity index (χ1) is 9.27. The van der Waals surface area contributed by atoms with Gasteiger partial charge in [0.2, 0.25) is 10.0 Å². The molecule has 1 aromatic carbocycles. The molecular formula is C12H16ClNO5S. The molecule has 0 heterocycles. The molecule has 0 amide bonds. The Morgan fingerprint density at radius 1 is 1.50 bits per heavy atom. The molecule has 0 bridgehead atoms. The van der Waals surface area contributed by atoms with Gasteiger partial charge in [-0.1, -0.05) is 11.6 Å². The summed E-state index contributed by atoms with van der Waals surface area (Å²) in [6.07, 6.45) is 0.509. The van der Waals surface area contributed by atoms with Crippen LogP contribution in [0.4, 0.5) is 0 Å². The zero-order valence-corrected chi connectivity index (χ0v) is 12.7. The first-order valence-corrected chi connectivity index (χ1v) is 7.68. The molecule has 0 aliphatic heterocycles. The van der Waals surface area contributed by atoms with Crippen molar-refractivity contribution in [2.24, 2.45) is 0 Å². The highest BCUT2D eigenvalue weighted by atomic mass is 35.5. The first kappa shape index (κ1) is 16.9. The van der Waals surface area contributed by atoms with Crippen molar-refractivity contribution in [1.82, 2.24) is 4.72 Å². The summed E-state index contributed by atoms with van der Waals surface area (Å²) in [5.41, 5.74) is -0.251. The number of hydrogen-bond donors (Lipinski definition) is 2. The van der Waals surface area contributed by atoms with E-state index < -0.39 is 16.0 Å². The lowest BCUT2D eigenvalue weighted by Crippen LogP contribution is -2.33. The van der Waals surface area contributed by atoms with E-state index in [1.54, 1.807) is 6.92 Å². The van der Waals surface area contributed by atoms with Crippen molar-refractivity contribution in [1.29, 1.82) is 0 Å². The number of hydrogen-bond acceptors (Lipinski definition) is 4. The van der Waals surface area contributed by atoms with Crippen molar-refractivity contribution in [3.05, 3.63) is 28.8 Å². The number of aromatic carboxylic acids is 1. The molecule has 0 aliphatic rings. The normalized spacial score (nSPS) is 13.2. The summed E-state index contributed by atoms with van der Waals surface area (Å²) in [7, 11) is -2.26. The number of carbonyl (C=O) groups is 1. The largest absolute Gasteiger partial charge is 0.478 e. The maximum atomic E-state index is 12.1. The van der Waals surface area contributed by atoms with Crippen LogP contribution in [0.25, 0.3) is 0 Å². The van der Waals surface area contributed by atoms with Crippen molar-refractivity contribution < 1.29 is 23.1 Å². The molecular weight excluding hydrogens is 306 g/mol. The summed E-state index contributed by atoms with van der Waals surface area (Å²) in [4.78, 5) is 10.8. The van der Waals surface area contributed by atoms with E-state index in [0.717, 1.165) is 6.07 Å². The number of ether oxygens (including phenoxy) is 1. The number of nitrogens with one attached hydrogen (secondary N) is 1.